The van der Waals surface area contributed by atoms with Crippen molar-refractivity contribution in [1.82, 2.24) is 0 Å². The Morgan fingerprint density at radius 2 is 2.10 bits per heavy atom. The molecule has 7 nitrogen and oxygen atoms in total. The maximum atomic E-state index is 13.6. The van der Waals surface area contributed by atoms with Crippen LogP contribution < -0.4 is 10.5 Å². The zero-order chi connectivity index (χ0) is 15.6. The summed E-state index contributed by atoms with van der Waals surface area (Å²) < 4.78 is 36.1. The highest BCUT2D eigenvalue weighted by atomic mass is 32.2. The number of thiophene rings is 1. The van der Waals surface area contributed by atoms with Crippen LogP contribution in [0, 0.1) is 15.9 Å². The highest BCUT2D eigenvalue weighted by molar-refractivity contribution is 7.89. The summed E-state index contributed by atoms with van der Waals surface area (Å²) in [6, 6.07) is 4.46. The molecule has 0 bridgehead atoms. The van der Waals surface area contributed by atoms with Crippen molar-refractivity contribution < 1.29 is 17.7 Å². The molecule has 1 heterocycles. The summed E-state index contributed by atoms with van der Waals surface area (Å²) in [6.07, 6.45) is 0. The lowest BCUT2D eigenvalue weighted by Crippen LogP contribution is -2.13. The van der Waals surface area contributed by atoms with Gasteiger partial charge in [-0.2, -0.15) is 0 Å². The molecule has 0 radical (unpaired) electrons. The van der Waals surface area contributed by atoms with Gasteiger partial charge in [0.15, 0.2) is 5.00 Å². The molecule has 112 valence electrons. The van der Waals surface area contributed by atoms with Gasteiger partial charge in [-0.15, -0.1) is 11.3 Å². The topological polar surface area (TPSA) is 115 Å². The standard InChI is InChI=1S/C11H10FN3O4S2/c12-9-2-1-8(21(13,18)19)5-7(9)6-14-11-10(15(16)17)3-4-20-11/h1-5,14H,6H2,(H2,13,18,19). The highest BCUT2D eigenvalue weighted by Crippen LogP contribution is 2.31. The van der Waals surface area contributed by atoms with Gasteiger partial charge in [-0.1, -0.05) is 0 Å². The van der Waals surface area contributed by atoms with E-state index in [1.165, 1.54) is 11.4 Å². The molecule has 2 aromatic rings. The van der Waals surface area contributed by atoms with Crippen LogP contribution in [0.4, 0.5) is 15.1 Å². The van der Waals surface area contributed by atoms with Gasteiger partial charge in [0.25, 0.3) is 0 Å². The molecule has 0 aliphatic heterocycles. The molecule has 1 aromatic heterocycles. The van der Waals surface area contributed by atoms with Gasteiger partial charge < -0.3 is 5.32 Å². The van der Waals surface area contributed by atoms with E-state index in [-0.39, 0.29) is 27.7 Å². The monoisotopic (exact) mass is 331 g/mol. The predicted molar refractivity (Wildman–Crippen MR) is 76.1 cm³/mol. The van der Waals surface area contributed by atoms with E-state index in [0.29, 0.717) is 0 Å². The highest BCUT2D eigenvalue weighted by Gasteiger charge is 2.16. The van der Waals surface area contributed by atoms with Gasteiger partial charge in [-0.05, 0) is 23.6 Å². The molecule has 21 heavy (non-hydrogen) atoms. The van der Waals surface area contributed by atoms with Crippen LogP contribution >= 0.6 is 11.3 Å². The Morgan fingerprint density at radius 1 is 1.38 bits per heavy atom. The van der Waals surface area contributed by atoms with Crippen molar-refractivity contribution in [2.75, 3.05) is 5.32 Å². The fourth-order valence-electron chi connectivity index (χ4n) is 1.62. The summed E-state index contributed by atoms with van der Waals surface area (Å²) in [7, 11) is -3.94. The zero-order valence-corrected chi connectivity index (χ0v) is 12.1. The molecule has 3 N–H and O–H groups in total. The Balaban J connectivity index is 2.24. The van der Waals surface area contributed by atoms with Gasteiger partial charge in [0.05, 0.1) is 9.82 Å². The summed E-state index contributed by atoms with van der Waals surface area (Å²) in [5.74, 6) is -0.630. The Labute approximate surface area is 123 Å². The van der Waals surface area contributed by atoms with Crippen molar-refractivity contribution in [3.05, 3.63) is 51.1 Å². The fourth-order valence-corrected chi connectivity index (χ4v) is 2.93. The minimum Gasteiger partial charge on any atom is -0.367 e. The molecule has 2 rings (SSSR count). The van der Waals surface area contributed by atoms with Crippen molar-refractivity contribution in [3.8, 4) is 0 Å². The molecule has 0 spiro atoms. The first-order valence-electron chi connectivity index (χ1n) is 5.56. The van der Waals surface area contributed by atoms with E-state index >= 15 is 0 Å². The Kier molecular flexibility index (Phi) is 4.21. The Hall–Kier alpha value is -2.04. The van der Waals surface area contributed by atoms with Gasteiger partial charge >= 0.3 is 5.69 Å². The second-order valence-corrected chi connectivity index (χ2v) is 6.52. The summed E-state index contributed by atoms with van der Waals surface area (Å²) in [4.78, 5) is 9.97. The van der Waals surface area contributed by atoms with E-state index in [1.807, 2.05) is 0 Å². The number of primary sulfonamides is 1. The molecule has 0 aliphatic rings. The number of rotatable bonds is 5. The lowest BCUT2D eigenvalue weighted by atomic mass is 10.2. The van der Waals surface area contributed by atoms with Crippen molar-refractivity contribution in [2.45, 2.75) is 11.4 Å². The van der Waals surface area contributed by atoms with Crippen LogP contribution in [-0.4, -0.2) is 13.3 Å². The maximum Gasteiger partial charge on any atom is 0.303 e. The zero-order valence-electron chi connectivity index (χ0n) is 10.4. The van der Waals surface area contributed by atoms with Crippen molar-refractivity contribution in [1.29, 1.82) is 0 Å². The third kappa shape index (κ3) is 3.54. The van der Waals surface area contributed by atoms with Crippen molar-refractivity contribution in [2.24, 2.45) is 5.14 Å². The third-order valence-electron chi connectivity index (χ3n) is 2.63. The van der Waals surface area contributed by atoms with Gasteiger partial charge in [0, 0.05) is 18.2 Å². The van der Waals surface area contributed by atoms with Crippen molar-refractivity contribution >= 4 is 32.0 Å². The van der Waals surface area contributed by atoms with E-state index in [2.05, 4.69) is 5.32 Å². The number of benzene rings is 1. The van der Waals surface area contributed by atoms with E-state index < -0.39 is 20.8 Å². The summed E-state index contributed by atoms with van der Waals surface area (Å²) in [5, 5.41) is 20.2. The SMILES string of the molecule is NS(=O)(=O)c1ccc(F)c(CNc2sccc2[N+](=O)[O-])c1. The minimum atomic E-state index is -3.94. The number of hydrogen-bond acceptors (Lipinski definition) is 6. The quantitative estimate of drug-likeness (QED) is 0.642. The van der Waals surface area contributed by atoms with Crippen LogP contribution in [0.25, 0.3) is 0 Å². The van der Waals surface area contributed by atoms with Gasteiger partial charge in [-0.25, -0.2) is 17.9 Å². The minimum absolute atomic E-state index is 0.0456. The number of hydrogen-bond donors (Lipinski definition) is 2. The number of nitro groups is 1. The summed E-state index contributed by atoms with van der Waals surface area (Å²) in [6.45, 7) is -0.101. The Bertz CT molecular complexity index is 789. The number of anilines is 1. The largest absolute Gasteiger partial charge is 0.367 e. The van der Waals surface area contributed by atoms with Gasteiger partial charge in [-0.3, -0.25) is 10.1 Å². The first kappa shape index (κ1) is 15.4. The van der Waals surface area contributed by atoms with Gasteiger partial charge in [0.2, 0.25) is 10.0 Å². The van der Waals surface area contributed by atoms with Crippen molar-refractivity contribution in [3.63, 3.8) is 0 Å². The van der Waals surface area contributed by atoms with E-state index in [1.54, 1.807) is 0 Å². The second kappa shape index (κ2) is 5.76. The van der Waals surface area contributed by atoms with E-state index in [0.717, 1.165) is 29.5 Å². The summed E-state index contributed by atoms with van der Waals surface area (Å²) >= 11 is 1.09. The number of nitrogens with two attached hydrogens (primary N) is 1. The molecule has 0 unspecified atom stereocenters. The lowest BCUT2D eigenvalue weighted by Gasteiger charge is -2.07. The second-order valence-electron chi connectivity index (χ2n) is 4.04. The van der Waals surface area contributed by atoms with Crippen LogP contribution in [0.1, 0.15) is 5.56 Å². The van der Waals surface area contributed by atoms with E-state index in [9.17, 15) is 22.9 Å². The normalized spacial score (nSPS) is 11.3. The maximum absolute atomic E-state index is 13.6. The van der Waals surface area contributed by atoms with Crippen LogP contribution in [-0.2, 0) is 16.6 Å². The summed E-state index contributed by atoms with van der Waals surface area (Å²) in [5.41, 5.74) is -0.0766. The number of halogens is 1. The molecular weight excluding hydrogens is 321 g/mol. The first-order valence-corrected chi connectivity index (χ1v) is 7.98. The third-order valence-corrected chi connectivity index (χ3v) is 4.40. The molecule has 10 heteroatoms. The molecule has 0 saturated carbocycles. The van der Waals surface area contributed by atoms with Crippen LogP contribution in [0.5, 0.6) is 0 Å². The number of sulfonamides is 1. The molecule has 0 saturated heterocycles. The van der Waals surface area contributed by atoms with Gasteiger partial charge in [0.1, 0.15) is 5.82 Å². The predicted octanol–water partition coefficient (Wildman–Crippen LogP) is 2.05. The smallest absolute Gasteiger partial charge is 0.303 e. The molecule has 0 atom stereocenters. The molecule has 0 amide bonds. The lowest BCUT2D eigenvalue weighted by molar-refractivity contribution is -0.383. The first-order chi connectivity index (χ1) is 9.79. The van der Waals surface area contributed by atoms with Crippen LogP contribution in [0.3, 0.4) is 0 Å². The molecular formula is C11H10FN3O4S2. The number of nitrogens with zero attached hydrogens (tertiary/aromatic N) is 1. The average Bonchev–Trinajstić information content (AvgIpc) is 2.85. The van der Waals surface area contributed by atoms with Crippen LogP contribution in [0.2, 0.25) is 0 Å². The molecule has 0 aliphatic carbocycles. The molecule has 0 fully saturated rings. The average molecular weight is 331 g/mol. The Morgan fingerprint density at radius 3 is 2.71 bits per heavy atom. The van der Waals surface area contributed by atoms with E-state index in [4.69, 9.17) is 5.14 Å². The molecule has 1 aromatic carbocycles. The number of nitrogens with one attached hydrogen (secondary N) is 1. The van der Waals surface area contributed by atoms with Crippen LogP contribution in [0.15, 0.2) is 34.5 Å². The fraction of sp³-hybridized carbons (Fsp3) is 0.0909.